The summed E-state index contributed by atoms with van der Waals surface area (Å²) >= 11 is 1.37. The van der Waals surface area contributed by atoms with Crippen molar-refractivity contribution in [2.45, 2.75) is 38.0 Å². The molecular formula is C16H21N3O2S. The van der Waals surface area contributed by atoms with E-state index in [1.807, 2.05) is 32.6 Å². The first-order valence-electron chi connectivity index (χ1n) is 7.36. The molecule has 0 saturated carbocycles. The summed E-state index contributed by atoms with van der Waals surface area (Å²) in [7, 11) is 0. The predicted molar refractivity (Wildman–Crippen MR) is 85.9 cm³/mol. The maximum atomic E-state index is 12.5. The van der Waals surface area contributed by atoms with Crippen molar-refractivity contribution in [2.75, 3.05) is 26.3 Å². The summed E-state index contributed by atoms with van der Waals surface area (Å²) in [6.07, 6.45) is 0. The second kappa shape index (κ2) is 7.12. The van der Waals surface area contributed by atoms with Crippen LogP contribution in [0.3, 0.4) is 0 Å². The first-order chi connectivity index (χ1) is 10.5. The number of nitriles is 1. The average Bonchev–Trinajstić information content (AvgIpc) is 2.53. The van der Waals surface area contributed by atoms with Crippen molar-refractivity contribution < 1.29 is 9.53 Å². The lowest BCUT2D eigenvalue weighted by Crippen LogP contribution is -2.44. The zero-order valence-electron chi connectivity index (χ0n) is 13.5. The fourth-order valence-corrected chi connectivity index (χ4v) is 3.48. The lowest BCUT2D eigenvalue weighted by molar-refractivity contribution is -0.134. The molecule has 1 aromatic rings. The molecule has 0 spiro atoms. The summed E-state index contributed by atoms with van der Waals surface area (Å²) in [5, 5.41) is 9.79. The van der Waals surface area contributed by atoms with Gasteiger partial charge in [0.05, 0.1) is 24.0 Å². The number of thioether (sulfide) groups is 1. The lowest BCUT2D eigenvalue weighted by atomic mass is 10.1. The second-order valence-corrected chi connectivity index (χ2v) is 6.77. The number of rotatable bonds is 3. The third-order valence-electron chi connectivity index (χ3n) is 4.03. The van der Waals surface area contributed by atoms with Gasteiger partial charge in [-0.3, -0.25) is 4.79 Å². The number of hydrogen-bond acceptors (Lipinski definition) is 5. The van der Waals surface area contributed by atoms with Crippen molar-refractivity contribution in [3.8, 4) is 6.07 Å². The molecule has 1 saturated heterocycles. The van der Waals surface area contributed by atoms with Crippen LogP contribution in [0.5, 0.6) is 0 Å². The molecule has 2 heterocycles. The average molecular weight is 319 g/mol. The van der Waals surface area contributed by atoms with E-state index in [4.69, 9.17) is 4.74 Å². The van der Waals surface area contributed by atoms with Crippen LogP contribution in [0.2, 0.25) is 0 Å². The van der Waals surface area contributed by atoms with Gasteiger partial charge in [-0.25, -0.2) is 4.98 Å². The number of carbonyl (C=O) groups excluding carboxylic acids is 1. The predicted octanol–water partition coefficient (Wildman–Crippen LogP) is 2.22. The zero-order valence-corrected chi connectivity index (χ0v) is 14.3. The molecule has 1 amide bonds. The summed E-state index contributed by atoms with van der Waals surface area (Å²) in [6.45, 7) is 10.2. The van der Waals surface area contributed by atoms with E-state index in [-0.39, 0.29) is 11.2 Å². The Balaban J connectivity index is 2.19. The van der Waals surface area contributed by atoms with Gasteiger partial charge in [-0.2, -0.15) is 5.26 Å². The van der Waals surface area contributed by atoms with Gasteiger partial charge in [0.15, 0.2) is 0 Å². The van der Waals surface area contributed by atoms with Crippen molar-refractivity contribution in [1.29, 1.82) is 5.26 Å². The number of nitrogens with zero attached hydrogens (tertiary/aromatic N) is 3. The van der Waals surface area contributed by atoms with Gasteiger partial charge >= 0.3 is 0 Å². The SMILES string of the molecule is Cc1nc(SC(C)C(=O)N2CCOCC2)c(C#N)c(C)c1C. The molecule has 5 nitrogen and oxygen atoms in total. The van der Waals surface area contributed by atoms with Crippen LogP contribution in [0, 0.1) is 32.1 Å². The number of aromatic nitrogens is 1. The van der Waals surface area contributed by atoms with Crippen LogP contribution < -0.4 is 0 Å². The molecule has 6 heteroatoms. The van der Waals surface area contributed by atoms with Gasteiger partial charge in [0.2, 0.25) is 5.91 Å². The molecule has 1 aliphatic heterocycles. The van der Waals surface area contributed by atoms with E-state index in [1.54, 1.807) is 0 Å². The molecule has 1 fully saturated rings. The Kier molecular flexibility index (Phi) is 5.43. The summed E-state index contributed by atoms with van der Waals surface area (Å²) in [5.41, 5.74) is 3.47. The summed E-state index contributed by atoms with van der Waals surface area (Å²) in [4.78, 5) is 18.8. The van der Waals surface area contributed by atoms with E-state index in [9.17, 15) is 10.1 Å². The number of ether oxygens (including phenoxy) is 1. The number of aryl methyl sites for hydroxylation is 1. The summed E-state index contributed by atoms with van der Waals surface area (Å²) in [5.74, 6) is 0.0786. The quantitative estimate of drug-likeness (QED) is 0.799. The Hall–Kier alpha value is -1.58. The molecule has 1 aromatic heterocycles. The molecule has 1 aliphatic rings. The largest absolute Gasteiger partial charge is 0.378 e. The van der Waals surface area contributed by atoms with Crippen LogP contribution in [-0.4, -0.2) is 47.3 Å². The minimum Gasteiger partial charge on any atom is -0.378 e. The normalized spacial score (nSPS) is 16.2. The summed E-state index contributed by atoms with van der Waals surface area (Å²) < 4.78 is 5.27. The monoisotopic (exact) mass is 319 g/mol. The first kappa shape index (κ1) is 16.8. The van der Waals surface area contributed by atoms with Crippen molar-refractivity contribution in [1.82, 2.24) is 9.88 Å². The Labute approximate surface area is 135 Å². The van der Waals surface area contributed by atoms with Crippen molar-refractivity contribution in [3.63, 3.8) is 0 Å². The van der Waals surface area contributed by atoms with E-state index < -0.39 is 0 Å². The molecule has 0 aliphatic carbocycles. The van der Waals surface area contributed by atoms with E-state index >= 15 is 0 Å². The van der Waals surface area contributed by atoms with Crippen molar-refractivity contribution in [2.24, 2.45) is 0 Å². The first-order valence-corrected chi connectivity index (χ1v) is 8.24. The molecule has 1 atom stereocenters. The fraction of sp³-hybridized carbons (Fsp3) is 0.562. The van der Waals surface area contributed by atoms with Crippen LogP contribution in [-0.2, 0) is 9.53 Å². The van der Waals surface area contributed by atoms with Crippen LogP contribution >= 0.6 is 11.8 Å². The van der Waals surface area contributed by atoms with Crippen LogP contribution in [0.25, 0.3) is 0 Å². The number of carbonyl (C=O) groups is 1. The lowest BCUT2D eigenvalue weighted by Gasteiger charge is -2.29. The maximum absolute atomic E-state index is 12.5. The van der Waals surface area contributed by atoms with Crippen molar-refractivity contribution in [3.05, 3.63) is 22.4 Å². The molecule has 1 unspecified atom stereocenters. The Morgan fingerprint density at radius 3 is 2.55 bits per heavy atom. The van der Waals surface area contributed by atoms with E-state index in [0.717, 1.165) is 16.8 Å². The highest BCUT2D eigenvalue weighted by atomic mass is 32.2. The maximum Gasteiger partial charge on any atom is 0.235 e. The van der Waals surface area contributed by atoms with Gasteiger partial charge in [0.1, 0.15) is 11.1 Å². The van der Waals surface area contributed by atoms with Gasteiger partial charge in [-0.05, 0) is 38.8 Å². The highest BCUT2D eigenvalue weighted by Gasteiger charge is 2.25. The molecule has 118 valence electrons. The molecule has 22 heavy (non-hydrogen) atoms. The van der Waals surface area contributed by atoms with E-state index in [2.05, 4.69) is 11.1 Å². The highest BCUT2D eigenvalue weighted by molar-refractivity contribution is 8.00. The summed E-state index contributed by atoms with van der Waals surface area (Å²) in [6, 6.07) is 2.23. The topological polar surface area (TPSA) is 66.2 Å². The van der Waals surface area contributed by atoms with Gasteiger partial charge in [0.25, 0.3) is 0 Å². The van der Waals surface area contributed by atoms with E-state index in [0.29, 0.717) is 36.9 Å². The van der Waals surface area contributed by atoms with Gasteiger partial charge < -0.3 is 9.64 Å². The molecule has 0 N–H and O–H groups in total. The van der Waals surface area contributed by atoms with Crippen LogP contribution in [0.1, 0.15) is 29.3 Å². The molecule has 2 rings (SSSR count). The minimum absolute atomic E-state index is 0.0786. The number of amides is 1. The number of hydrogen-bond donors (Lipinski definition) is 0. The third kappa shape index (κ3) is 3.42. The molecule has 0 radical (unpaired) electrons. The molecule has 0 aromatic carbocycles. The molecule has 0 bridgehead atoms. The standard InChI is InChI=1S/C16H21N3O2S/c1-10-11(2)14(9-17)15(18-12(10)3)22-13(4)16(20)19-5-7-21-8-6-19/h13H,5-8H2,1-4H3. The van der Waals surface area contributed by atoms with Gasteiger partial charge in [-0.15, -0.1) is 0 Å². The Morgan fingerprint density at radius 2 is 1.95 bits per heavy atom. The second-order valence-electron chi connectivity index (χ2n) is 5.44. The van der Waals surface area contributed by atoms with Gasteiger partial charge in [-0.1, -0.05) is 11.8 Å². The smallest absolute Gasteiger partial charge is 0.235 e. The highest BCUT2D eigenvalue weighted by Crippen LogP contribution is 2.30. The van der Waals surface area contributed by atoms with Crippen LogP contribution in [0.15, 0.2) is 5.03 Å². The number of pyridine rings is 1. The Morgan fingerprint density at radius 1 is 1.32 bits per heavy atom. The molecular weight excluding hydrogens is 298 g/mol. The van der Waals surface area contributed by atoms with Gasteiger partial charge in [0, 0.05) is 18.8 Å². The van der Waals surface area contributed by atoms with E-state index in [1.165, 1.54) is 11.8 Å². The Bertz CT molecular complexity index is 619. The minimum atomic E-state index is -0.265. The zero-order chi connectivity index (χ0) is 16.3. The van der Waals surface area contributed by atoms with Crippen molar-refractivity contribution >= 4 is 17.7 Å². The van der Waals surface area contributed by atoms with Crippen LogP contribution in [0.4, 0.5) is 0 Å². The third-order valence-corrected chi connectivity index (χ3v) is 5.11. The fourth-order valence-electron chi connectivity index (χ4n) is 2.39. The number of morpholine rings is 1.